The highest BCUT2D eigenvalue weighted by atomic mass is 35.5. The van der Waals surface area contributed by atoms with Crippen LogP contribution < -0.4 is 10.6 Å². The SMILES string of the molecule is CS(=O)(=O)c1cccc(-c2cnc3[nH]nc(-c4cc(F)cc(NC(=O)Nc5cccc(Cl)c5)c4)c3c2)c1. The highest BCUT2D eigenvalue weighted by Gasteiger charge is 2.15. The average molecular weight is 536 g/mol. The summed E-state index contributed by atoms with van der Waals surface area (Å²) in [6, 6.07) is 18.5. The molecular formula is C26H19ClFN5O3S. The number of aromatic nitrogens is 3. The number of hydrogen-bond acceptors (Lipinski definition) is 5. The zero-order valence-electron chi connectivity index (χ0n) is 19.3. The van der Waals surface area contributed by atoms with Crippen LogP contribution in [0.1, 0.15) is 0 Å². The summed E-state index contributed by atoms with van der Waals surface area (Å²) >= 11 is 5.95. The lowest BCUT2D eigenvalue weighted by molar-refractivity contribution is 0.262. The predicted octanol–water partition coefficient (Wildman–Crippen LogP) is 6.13. The van der Waals surface area contributed by atoms with Crippen molar-refractivity contribution in [2.24, 2.45) is 0 Å². The van der Waals surface area contributed by atoms with Gasteiger partial charge in [-0.1, -0.05) is 29.8 Å². The largest absolute Gasteiger partial charge is 0.323 e. The van der Waals surface area contributed by atoms with Gasteiger partial charge in [0.2, 0.25) is 0 Å². The van der Waals surface area contributed by atoms with Crippen LogP contribution in [0.25, 0.3) is 33.4 Å². The van der Waals surface area contributed by atoms with Gasteiger partial charge in [0.15, 0.2) is 15.5 Å². The lowest BCUT2D eigenvalue weighted by Crippen LogP contribution is -2.19. The molecule has 5 rings (SSSR count). The Morgan fingerprint density at radius 3 is 2.49 bits per heavy atom. The van der Waals surface area contributed by atoms with Crippen LogP contribution in [0, 0.1) is 5.82 Å². The number of carbonyl (C=O) groups excluding carboxylic acids is 1. The van der Waals surface area contributed by atoms with E-state index in [1.54, 1.807) is 60.8 Å². The first-order valence-corrected chi connectivity index (χ1v) is 13.2. The number of urea groups is 1. The molecule has 5 aromatic rings. The number of nitrogens with zero attached hydrogens (tertiary/aromatic N) is 2. The molecule has 0 unspecified atom stereocenters. The van der Waals surface area contributed by atoms with Gasteiger partial charge in [-0.15, -0.1) is 0 Å². The first kappa shape index (κ1) is 24.4. The fourth-order valence-electron chi connectivity index (χ4n) is 3.85. The van der Waals surface area contributed by atoms with E-state index in [0.29, 0.717) is 44.1 Å². The summed E-state index contributed by atoms with van der Waals surface area (Å²) < 4.78 is 38.5. The summed E-state index contributed by atoms with van der Waals surface area (Å²) in [6.45, 7) is 0. The van der Waals surface area contributed by atoms with E-state index in [1.165, 1.54) is 18.2 Å². The number of halogens is 2. The second-order valence-electron chi connectivity index (χ2n) is 8.31. The van der Waals surface area contributed by atoms with Crippen LogP contribution in [0.3, 0.4) is 0 Å². The number of hydrogen-bond donors (Lipinski definition) is 3. The van der Waals surface area contributed by atoms with Crippen LogP contribution in [-0.2, 0) is 9.84 Å². The van der Waals surface area contributed by atoms with Crippen molar-refractivity contribution in [3.8, 4) is 22.4 Å². The Morgan fingerprint density at radius 1 is 0.919 bits per heavy atom. The second-order valence-corrected chi connectivity index (χ2v) is 10.8. The minimum absolute atomic E-state index is 0.189. The van der Waals surface area contributed by atoms with E-state index in [9.17, 15) is 17.6 Å². The van der Waals surface area contributed by atoms with Crippen molar-refractivity contribution in [1.29, 1.82) is 0 Å². The van der Waals surface area contributed by atoms with Crippen LogP contribution in [0.4, 0.5) is 20.6 Å². The van der Waals surface area contributed by atoms with Gasteiger partial charge in [0.05, 0.1) is 4.90 Å². The van der Waals surface area contributed by atoms with Gasteiger partial charge in [-0.2, -0.15) is 5.10 Å². The van der Waals surface area contributed by atoms with Crippen molar-refractivity contribution in [2.75, 3.05) is 16.9 Å². The van der Waals surface area contributed by atoms with E-state index in [0.717, 1.165) is 6.26 Å². The van der Waals surface area contributed by atoms with Gasteiger partial charge in [-0.3, -0.25) is 5.10 Å². The Hall–Kier alpha value is -4.28. The molecular weight excluding hydrogens is 517 g/mol. The molecule has 11 heteroatoms. The smallest absolute Gasteiger partial charge is 0.308 e. The first-order chi connectivity index (χ1) is 17.7. The first-order valence-electron chi connectivity index (χ1n) is 10.9. The van der Waals surface area contributed by atoms with Crippen LogP contribution in [0.15, 0.2) is 83.9 Å². The summed E-state index contributed by atoms with van der Waals surface area (Å²) in [4.78, 5) is 17.0. The number of aromatic amines is 1. The molecule has 186 valence electrons. The zero-order valence-corrected chi connectivity index (χ0v) is 20.9. The molecule has 0 bridgehead atoms. The van der Waals surface area contributed by atoms with Crippen molar-refractivity contribution in [1.82, 2.24) is 15.2 Å². The van der Waals surface area contributed by atoms with Crippen molar-refractivity contribution in [3.05, 3.63) is 89.8 Å². The highest BCUT2D eigenvalue weighted by Crippen LogP contribution is 2.32. The molecule has 0 radical (unpaired) electrons. The number of nitrogens with one attached hydrogen (secondary N) is 3. The normalized spacial score (nSPS) is 11.4. The lowest BCUT2D eigenvalue weighted by Gasteiger charge is -2.10. The summed E-state index contributed by atoms with van der Waals surface area (Å²) in [5, 5.41) is 13.5. The van der Waals surface area contributed by atoms with Crippen LogP contribution in [-0.4, -0.2) is 35.9 Å². The molecule has 2 heterocycles. The number of sulfone groups is 1. The predicted molar refractivity (Wildman–Crippen MR) is 142 cm³/mol. The number of pyridine rings is 1. The summed E-state index contributed by atoms with van der Waals surface area (Å²) in [6.07, 6.45) is 2.75. The monoisotopic (exact) mass is 535 g/mol. The molecule has 0 aliphatic carbocycles. The molecule has 0 spiro atoms. The topological polar surface area (TPSA) is 117 Å². The summed E-state index contributed by atoms with van der Waals surface area (Å²) in [5.74, 6) is -0.573. The fraction of sp³-hybridized carbons (Fsp3) is 0.0385. The molecule has 2 amide bonds. The highest BCUT2D eigenvalue weighted by molar-refractivity contribution is 7.90. The van der Waals surface area contributed by atoms with Crippen molar-refractivity contribution >= 4 is 49.9 Å². The van der Waals surface area contributed by atoms with Crippen LogP contribution in [0.5, 0.6) is 0 Å². The quantitative estimate of drug-likeness (QED) is 0.250. The third-order valence-corrected chi connectivity index (χ3v) is 6.87. The molecule has 8 nitrogen and oxygen atoms in total. The summed E-state index contributed by atoms with van der Waals surface area (Å²) in [7, 11) is -3.38. The molecule has 3 N–H and O–H groups in total. The zero-order chi connectivity index (χ0) is 26.2. The third-order valence-electron chi connectivity index (χ3n) is 5.52. The van der Waals surface area contributed by atoms with Gasteiger partial charge in [-0.25, -0.2) is 22.6 Å². The Bertz CT molecular complexity index is 1770. The number of rotatable bonds is 5. The molecule has 37 heavy (non-hydrogen) atoms. The number of benzene rings is 3. The minimum Gasteiger partial charge on any atom is -0.308 e. The van der Waals surface area contributed by atoms with Crippen molar-refractivity contribution in [3.63, 3.8) is 0 Å². The number of H-pyrrole nitrogens is 1. The molecule has 0 aliphatic heterocycles. The van der Waals surface area contributed by atoms with Gasteiger partial charge >= 0.3 is 6.03 Å². The van der Waals surface area contributed by atoms with Gasteiger partial charge in [0.1, 0.15) is 11.5 Å². The minimum atomic E-state index is -3.38. The molecule has 0 aliphatic rings. The molecule has 0 saturated carbocycles. The molecule has 0 saturated heterocycles. The van der Waals surface area contributed by atoms with Crippen LogP contribution in [0.2, 0.25) is 5.02 Å². The Labute approximate surface area is 216 Å². The van der Waals surface area contributed by atoms with Gasteiger partial charge in [-0.05, 0) is 60.2 Å². The van der Waals surface area contributed by atoms with Crippen molar-refractivity contribution < 1.29 is 17.6 Å². The summed E-state index contributed by atoms with van der Waals surface area (Å²) in [5.41, 5.74) is 3.32. The number of carbonyl (C=O) groups is 1. The van der Waals surface area contributed by atoms with E-state index in [1.807, 2.05) is 0 Å². The van der Waals surface area contributed by atoms with E-state index in [4.69, 9.17) is 11.6 Å². The Balaban J connectivity index is 1.47. The van der Waals surface area contributed by atoms with Gasteiger partial charge in [0.25, 0.3) is 0 Å². The average Bonchev–Trinajstić information content (AvgIpc) is 3.26. The Kier molecular flexibility index (Phi) is 6.36. The fourth-order valence-corrected chi connectivity index (χ4v) is 4.70. The lowest BCUT2D eigenvalue weighted by atomic mass is 10.0. The van der Waals surface area contributed by atoms with Gasteiger partial charge < -0.3 is 10.6 Å². The Morgan fingerprint density at radius 2 is 1.70 bits per heavy atom. The van der Waals surface area contributed by atoms with E-state index in [2.05, 4.69) is 25.8 Å². The van der Waals surface area contributed by atoms with Crippen LogP contribution >= 0.6 is 11.6 Å². The molecule has 0 fully saturated rings. The number of fused-ring (bicyclic) bond motifs is 1. The van der Waals surface area contributed by atoms with Crippen molar-refractivity contribution in [2.45, 2.75) is 4.90 Å². The maximum atomic E-state index is 14.6. The maximum absolute atomic E-state index is 14.6. The van der Waals surface area contributed by atoms with E-state index < -0.39 is 21.7 Å². The molecule has 0 atom stereocenters. The van der Waals surface area contributed by atoms with Gasteiger partial charge in [0, 0.05) is 45.4 Å². The third kappa shape index (κ3) is 5.45. The second kappa shape index (κ2) is 9.64. The molecule has 2 aromatic heterocycles. The van der Waals surface area contributed by atoms with E-state index >= 15 is 0 Å². The van der Waals surface area contributed by atoms with E-state index in [-0.39, 0.29) is 10.6 Å². The molecule has 3 aromatic carbocycles. The maximum Gasteiger partial charge on any atom is 0.323 e. The number of amides is 2. The number of anilines is 2. The standard InChI is InChI=1S/C26H19ClFN5O3S/c1-37(35,36)22-7-2-4-15(10-22)17-11-23-24(32-33-25(23)29-14-17)16-8-19(28)13-21(9-16)31-26(34)30-20-6-3-5-18(27)12-20/h2-14H,1H3,(H,29,32,33)(H2,30,31,34).